The van der Waals surface area contributed by atoms with Crippen LogP contribution in [-0.4, -0.2) is 67.7 Å². The second-order valence-corrected chi connectivity index (χ2v) is 6.30. The van der Waals surface area contributed by atoms with Gasteiger partial charge in [0.1, 0.15) is 5.56 Å². The number of hydrogen-bond acceptors (Lipinski definition) is 5. The number of likely N-dealkylation sites (tertiary alicyclic amines) is 1. The predicted molar refractivity (Wildman–Crippen MR) is 90.8 cm³/mol. The smallest absolute Gasteiger partial charge is 0.259 e. The molecule has 1 aliphatic rings. The quantitative estimate of drug-likeness (QED) is 0.890. The van der Waals surface area contributed by atoms with Crippen molar-refractivity contribution >= 4 is 11.6 Å². The maximum absolute atomic E-state index is 12.7. The number of carbonyl (C=O) groups excluding carboxylic acids is 1. The minimum Gasteiger partial charge on any atom is -0.391 e. The van der Waals surface area contributed by atoms with Crippen molar-refractivity contribution in [1.82, 2.24) is 24.4 Å². The minimum atomic E-state index is -0.432. The van der Waals surface area contributed by atoms with E-state index in [9.17, 15) is 9.90 Å². The van der Waals surface area contributed by atoms with Gasteiger partial charge in [0, 0.05) is 37.6 Å². The molecule has 2 aromatic heterocycles. The fourth-order valence-electron chi connectivity index (χ4n) is 3.16. The predicted octanol–water partition coefficient (Wildman–Crippen LogP) is 1.17. The van der Waals surface area contributed by atoms with Gasteiger partial charge in [-0.2, -0.15) is 5.10 Å². The van der Waals surface area contributed by atoms with Crippen LogP contribution in [0.15, 0.2) is 18.6 Å². The number of amides is 1. The van der Waals surface area contributed by atoms with Crippen molar-refractivity contribution in [3.63, 3.8) is 0 Å². The molecule has 1 fully saturated rings. The third kappa shape index (κ3) is 3.42. The number of carbonyl (C=O) groups is 1. The molecule has 0 bridgehead atoms. The number of aliphatic hydroxyl groups is 1. The van der Waals surface area contributed by atoms with E-state index < -0.39 is 6.10 Å². The lowest BCUT2D eigenvalue weighted by Gasteiger charge is -2.29. The number of piperidine rings is 1. The van der Waals surface area contributed by atoms with Crippen LogP contribution in [0.3, 0.4) is 0 Å². The summed E-state index contributed by atoms with van der Waals surface area (Å²) in [6, 6.07) is 0. The Hall–Kier alpha value is -1.99. The molecule has 0 unspecified atom stereocenters. The van der Waals surface area contributed by atoms with Crippen LogP contribution in [0.5, 0.6) is 0 Å². The zero-order valence-corrected chi connectivity index (χ0v) is 14.4. The molecule has 1 amide bonds. The van der Waals surface area contributed by atoms with E-state index >= 15 is 0 Å². The van der Waals surface area contributed by atoms with Gasteiger partial charge >= 0.3 is 0 Å². The second-order valence-electron chi connectivity index (χ2n) is 6.30. The zero-order valence-electron chi connectivity index (χ0n) is 14.4. The number of hydrogen-bond donors (Lipinski definition) is 1. The highest BCUT2D eigenvalue weighted by Crippen LogP contribution is 2.17. The molecule has 130 valence electrons. The number of rotatable bonds is 5. The van der Waals surface area contributed by atoms with Crippen molar-refractivity contribution in [1.29, 1.82) is 0 Å². The number of aliphatic hydroxyl groups excluding tert-OH is 1. The average Bonchev–Trinajstić information content (AvgIpc) is 3.02. The average molecular weight is 331 g/mol. The van der Waals surface area contributed by atoms with E-state index in [4.69, 9.17) is 0 Å². The number of nitrogens with zero attached hydrogens (tertiary/aromatic N) is 5. The summed E-state index contributed by atoms with van der Waals surface area (Å²) < 4.78 is 1.67. The summed E-state index contributed by atoms with van der Waals surface area (Å²) in [4.78, 5) is 21.1. The Morgan fingerprint density at radius 1 is 1.38 bits per heavy atom. The van der Waals surface area contributed by atoms with Crippen LogP contribution >= 0.6 is 0 Å². The molecule has 3 rings (SSSR count). The summed E-state index contributed by atoms with van der Waals surface area (Å²) in [7, 11) is 0. The Labute approximate surface area is 141 Å². The van der Waals surface area contributed by atoms with Crippen LogP contribution in [0, 0.1) is 0 Å². The molecular formula is C17H25N5O2. The van der Waals surface area contributed by atoms with Gasteiger partial charge in [-0.05, 0) is 25.9 Å². The van der Waals surface area contributed by atoms with Crippen LogP contribution in [0.2, 0.25) is 0 Å². The van der Waals surface area contributed by atoms with Gasteiger partial charge < -0.3 is 10.0 Å². The third-order valence-electron chi connectivity index (χ3n) is 4.62. The van der Waals surface area contributed by atoms with E-state index in [0.717, 1.165) is 38.0 Å². The Bertz CT molecular complexity index is 710. The molecule has 3 heterocycles. The molecule has 1 atom stereocenters. The van der Waals surface area contributed by atoms with Crippen molar-refractivity contribution < 1.29 is 9.90 Å². The van der Waals surface area contributed by atoms with Crippen molar-refractivity contribution in [2.45, 2.75) is 39.3 Å². The number of fused-ring (bicyclic) bond motifs is 1. The number of β-amino-alcohol motifs (C(OH)–C–C–N with tert-alkyl or cyclic N) is 1. The van der Waals surface area contributed by atoms with Gasteiger partial charge in [-0.25, -0.2) is 9.50 Å². The molecule has 0 spiro atoms. The van der Waals surface area contributed by atoms with Crippen LogP contribution in [0.1, 0.15) is 42.6 Å². The molecule has 2 aromatic rings. The van der Waals surface area contributed by atoms with E-state index in [2.05, 4.69) is 28.8 Å². The Balaban J connectivity index is 1.81. The lowest BCUT2D eigenvalue weighted by atomic mass is 10.1. The summed E-state index contributed by atoms with van der Waals surface area (Å²) in [6.07, 6.45) is 6.48. The molecule has 7 nitrogen and oxygen atoms in total. The first-order valence-electron chi connectivity index (χ1n) is 8.64. The fourth-order valence-corrected chi connectivity index (χ4v) is 3.16. The van der Waals surface area contributed by atoms with Crippen molar-refractivity contribution in [2.24, 2.45) is 0 Å². The summed E-state index contributed by atoms with van der Waals surface area (Å²) in [6.45, 7) is 8.10. The zero-order chi connectivity index (χ0) is 17.1. The monoisotopic (exact) mass is 331 g/mol. The maximum Gasteiger partial charge on any atom is 0.259 e. The van der Waals surface area contributed by atoms with Gasteiger partial charge in [0.15, 0.2) is 5.65 Å². The van der Waals surface area contributed by atoms with E-state index in [1.54, 1.807) is 15.6 Å². The molecule has 7 heteroatoms. The molecule has 0 aromatic carbocycles. The summed E-state index contributed by atoms with van der Waals surface area (Å²) in [5.41, 5.74) is 2.14. The first-order chi connectivity index (χ1) is 11.6. The van der Waals surface area contributed by atoms with E-state index in [-0.39, 0.29) is 5.91 Å². The summed E-state index contributed by atoms with van der Waals surface area (Å²) in [5.74, 6) is -0.104. The maximum atomic E-state index is 12.7. The highest BCUT2D eigenvalue weighted by atomic mass is 16.3. The van der Waals surface area contributed by atoms with Crippen molar-refractivity contribution in [3.05, 3.63) is 29.7 Å². The van der Waals surface area contributed by atoms with Gasteiger partial charge in [0.2, 0.25) is 0 Å². The normalized spacial score (nSPS) is 18.5. The highest BCUT2D eigenvalue weighted by molar-refractivity contribution is 5.99. The Morgan fingerprint density at radius 3 is 2.88 bits per heavy atom. The topological polar surface area (TPSA) is 74.0 Å². The molecule has 0 saturated carbocycles. The molecule has 0 aliphatic carbocycles. The van der Waals surface area contributed by atoms with Crippen LogP contribution in [-0.2, 0) is 6.54 Å². The van der Waals surface area contributed by atoms with E-state index in [1.165, 1.54) is 0 Å². The van der Waals surface area contributed by atoms with Crippen LogP contribution in [0.25, 0.3) is 5.65 Å². The highest BCUT2D eigenvalue weighted by Gasteiger charge is 2.25. The molecule has 1 saturated heterocycles. The second kappa shape index (κ2) is 7.27. The minimum absolute atomic E-state index is 0.104. The fraction of sp³-hybridized carbons (Fsp3) is 0.588. The number of aromatic nitrogens is 3. The largest absolute Gasteiger partial charge is 0.391 e. The van der Waals surface area contributed by atoms with E-state index in [0.29, 0.717) is 24.3 Å². The van der Waals surface area contributed by atoms with E-state index in [1.807, 2.05) is 12.4 Å². The molecule has 1 N–H and O–H groups in total. The first kappa shape index (κ1) is 16.9. The van der Waals surface area contributed by atoms with Crippen molar-refractivity contribution in [3.8, 4) is 0 Å². The third-order valence-corrected chi connectivity index (χ3v) is 4.62. The standard InChI is InChI=1S/C17H25N5O2/c1-3-20(4-2)10-13-8-18-16-15(9-19-22(16)11-13)17(24)21-7-5-6-14(23)12-21/h8-9,11,14,23H,3-7,10,12H2,1-2H3/t14-/m0/s1. The first-order valence-corrected chi connectivity index (χ1v) is 8.64. The van der Waals surface area contributed by atoms with Crippen LogP contribution in [0.4, 0.5) is 0 Å². The van der Waals surface area contributed by atoms with Gasteiger partial charge in [-0.3, -0.25) is 9.69 Å². The Morgan fingerprint density at radius 2 is 2.17 bits per heavy atom. The lowest BCUT2D eigenvalue weighted by molar-refractivity contribution is 0.0475. The van der Waals surface area contributed by atoms with Crippen LogP contribution < -0.4 is 0 Å². The molecule has 0 radical (unpaired) electrons. The molecular weight excluding hydrogens is 306 g/mol. The van der Waals surface area contributed by atoms with Gasteiger partial charge in [0.05, 0.1) is 12.3 Å². The Kier molecular flexibility index (Phi) is 5.11. The lowest BCUT2D eigenvalue weighted by Crippen LogP contribution is -2.42. The summed E-state index contributed by atoms with van der Waals surface area (Å²) in [5, 5.41) is 14.1. The van der Waals surface area contributed by atoms with Gasteiger partial charge in [0.25, 0.3) is 5.91 Å². The summed E-state index contributed by atoms with van der Waals surface area (Å²) >= 11 is 0. The molecule has 1 aliphatic heterocycles. The van der Waals surface area contributed by atoms with Crippen molar-refractivity contribution in [2.75, 3.05) is 26.2 Å². The van der Waals surface area contributed by atoms with Gasteiger partial charge in [-0.1, -0.05) is 13.8 Å². The SMILES string of the molecule is CCN(CC)Cc1cnc2c(C(=O)N3CCC[C@H](O)C3)cnn2c1. The van der Waals surface area contributed by atoms with Gasteiger partial charge in [-0.15, -0.1) is 0 Å². The molecule has 24 heavy (non-hydrogen) atoms.